The van der Waals surface area contributed by atoms with Crippen LogP contribution < -0.4 is 5.32 Å². The monoisotopic (exact) mass is 351 g/mol. The molecule has 0 atom stereocenters. The minimum absolute atomic E-state index is 0.0981. The Morgan fingerprint density at radius 1 is 1.20 bits per heavy atom. The lowest BCUT2D eigenvalue weighted by Crippen LogP contribution is -2.19. The summed E-state index contributed by atoms with van der Waals surface area (Å²) >= 11 is 1.51. The lowest BCUT2D eigenvalue weighted by Gasteiger charge is -2.14. The summed E-state index contributed by atoms with van der Waals surface area (Å²) in [6.45, 7) is 5.29. The molecule has 0 radical (unpaired) electrons. The van der Waals surface area contributed by atoms with Crippen LogP contribution >= 0.6 is 11.3 Å². The van der Waals surface area contributed by atoms with Crippen molar-refractivity contribution in [1.82, 2.24) is 9.88 Å². The largest absolute Gasteiger partial charge is 0.299 e. The third kappa shape index (κ3) is 3.72. The number of likely N-dealkylation sites (tertiary alicyclic amines) is 1. The van der Waals surface area contributed by atoms with Crippen LogP contribution in [0.4, 0.5) is 5.13 Å². The van der Waals surface area contributed by atoms with Crippen LogP contribution in [0, 0.1) is 6.92 Å². The molecule has 2 aromatic carbocycles. The van der Waals surface area contributed by atoms with Crippen molar-refractivity contribution in [3.63, 3.8) is 0 Å². The highest BCUT2D eigenvalue weighted by Crippen LogP contribution is 2.27. The summed E-state index contributed by atoms with van der Waals surface area (Å²) in [5.74, 6) is -0.0981. The number of nitrogens with one attached hydrogen (secondary N) is 1. The van der Waals surface area contributed by atoms with E-state index in [2.05, 4.69) is 34.3 Å². The number of hydrogen-bond donors (Lipinski definition) is 1. The second kappa shape index (κ2) is 6.94. The molecule has 1 amide bonds. The highest BCUT2D eigenvalue weighted by Gasteiger charge is 2.14. The average Bonchev–Trinajstić information content (AvgIpc) is 3.24. The van der Waals surface area contributed by atoms with Crippen molar-refractivity contribution in [3.8, 4) is 0 Å². The molecule has 0 spiro atoms. The second-order valence-electron chi connectivity index (χ2n) is 6.63. The molecular weight excluding hydrogens is 330 g/mol. The molecule has 2 heterocycles. The van der Waals surface area contributed by atoms with Crippen LogP contribution in [-0.4, -0.2) is 28.9 Å². The fourth-order valence-corrected chi connectivity index (χ4v) is 4.22. The maximum Gasteiger partial charge on any atom is 0.257 e. The molecule has 0 aliphatic carbocycles. The number of nitrogens with zero attached hydrogens (tertiary/aromatic N) is 2. The molecule has 128 valence electrons. The van der Waals surface area contributed by atoms with Gasteiger partial charge in [-0.1, -0.05) is 29.5 Å². The van der Waals surface area contributed by atoms with Crippen molar-refractivity contribution in [3.05, 3.63) is 59.2 Å². The van der Waals surface area contributed by atoms with Crippen LogP contribution in [0.15, 0.2) is 42.5 Å². The van der Waals surface area contributed by atoms with Gasteiger partial charge >= 0.3 is 0 Å². The first-order chi connectivity index (χ1) is 12.2. The summed E-state index contributed by atoms with van der Waals surface area (Å²) in [6.07, 6.45) is 2.55. The van der Waals surface area contributed by atoms with Gasteiger partial charge in [-0.05, 0) is 68.2 Å². The number of carbonyl (C=O) groups is 1. The average molecular weight is 351 g/mol. The lowest BCUT2D eigenvalue weighted by molar-refractivity contribution is 0.102. The molecule has 1 aliphatic rings. The van der Waals surface area contributed by atoms with E-state index in [4.69, 9.17) is 0 Å². The van der Waals surface area contributed by atoms with Gasteiger partial charge in [0, 0.05) is 12.1 Å². The molecular formula is C20H21N3OS. The molecule has 0 unspecified atom stereocenters. The predicted octanol–water partition coefficient (Wildman–Crippen LogP) is 4.45. The van der Waals surface area contributed by atoms with Gasteiger partial charge in [0.1, 0.15) is 0 Å². The smallest absolute Gasteiger partial charge is 0.257 e. The zero-order valence-corrected chi connectivity index (χ0v) is 15.1. The minimum atomic E-state index is -0.0981. The van der Waals surface area contributed by atoms with Gasteiger partial charge < -0.3 is 0 Å². The number of amides is 1. The van der Waals surface area contributed by atoms with Crippen LogP contribution in [0.1, 0.15) is 34.3 Å². The number of carbonyl (C=O) groups excluding carboxylic acids is 1. The van der Waals surface area contributed by atoms with Crippen molar-refractivity contribution >= 4 is 32.6 Å². The number of benzene rings is 2. The molecule has 0 saturated carbocycles. The molecule has 4 nitrogen and oxygen atoms in total. The number of hydrogen-bond acceptors (Lipinski definition) is 4. The van der Waals surface area contributed by atoms with Crippen LogP contribution in [-0.2, 0) is 6.54 Å². The van der Waals surface area contributed by atoms with E-state index in [0.29, 0.717) is 10.7 Å². The Hall–Kier alpha value is -2.24. The summed E-state index contributed by atoms with van der Waals surface area (Å²) in [4.78, 5) is 19.5. The van der Waals surface area contributed by atoms with E-state index in [-0.39, 0.29) is 5.91 Å². The number of fused-ring (bicyclic) bond motifs is 1. The van der Waals surface area contributed by atoms with Crippen molar-refractivity contribution in [2.24, 2.45) is 0 Å². The van der Waals surface area contributed by atoms with Crippen LogP contribution in [0.5, 0.6) is 0 Å². The van der Waals surface area contributed by atoms with Gasteiger partial charge in [-0.3, -0.25) is 15.0 Å². The third-order valence-corrected chi connectivity index (χ3v) is 5.49. The van der Waals surface area contributed by atoms with Gasteiger partial charge in [-0.2, -0.15) is 0 Å². The van der Waals surface area contributed by atoms with Crippen molar-refractivity contribution in [1.29, 1.82) is 0 Å². The van der Waals surface area contributed by atoms with E-state index in [9.17, 15) is 4.79 Å². The maximum atomic E-state index is 12.6. The van der Waals surface area contributed by atoms with Crippen molar-refractivity contribution in [2.75, 3.05) is 18.4 Å². The summed E-state index contributed by atoms with van der Waals surface area (Å²) in [5, 5.41) is 3.59. The number of aromatic nitrogens is 1. The fourth-order valence-electron chi connectivity index (χ4n) is 3.26. The molecule has 3 aromatic rings. The van der Waals surface area contributed by atoms with E-state index in [1.54, 1.807) is 0 Å². The molecule has 1 N–H and O–H groups in total. The minimum Gasteiger partial charge on any atom is -0.299 e. The van der Waals surface area contributed by atoms with Gasteiger partial charge in [0.15, 0.2) is 5.13 Å². The van der Waals surface area contributed by atoms with E-state index >= 15 is 0 Å². The first-order valence-corrected chi connectivity index (χ1v) is 9.49. The molecule has 1 saturated heterocycles. The van der Waals surface area contributed by atoms with Gasteiger partial charge in [0.25, 0.3) is 5.91 Å². The van der Waals surface area contributed by atoms with E-state index < -0.39 is 0 Å². The molecule has 1 aliphatic heterocycles. The first kappa shape index (κ1) is 16.2. The highest BCUT2D eigenvalue weighted by atomic mass is 32.1. The fraction of sp³-hybridized carbons (Fsp3) is 0.300. The topological polar surface area (TPSA) is 45.2 Å². The Labute approximate surface area is 151 Å². The number of aryl methyl sites for hydroxylation is 1. The van der Waals surface area contributed by atoms with E-state index in [1.165, 1.54) is 35.3 Å². The summed E-state index contributed by atoms with van der Waals surface area (Å²) < 4.78 is 1.10. The Kier molecular flexibility index (Phi) is 4.51. The zero-order valence-electron chi connectivity index (χ0n) is 14.3. The van der Waals surface area contributed by atoms with Gasteiger partial charge in [0.05, 0.1) is 10.2 Å². The molecule has 5 heteroatoms. The summed E-state index contributed by atoms with van der Waals surface area (Å²) in [7, 11) is 0. The molecule has 25 heavy (non-hydrogen) atoms. The lowest BCUT2D eigenvalue weighted by atomic mass is 10.1. The second-order valence-corrected chi connectivity index (χ2v) is 7.66. The molecule has 1 fully saturated rings. The summed E-state index contributed by atoms with van der Waals surface area (Å²) in [5.41, 5.74) is 4.00. The van der Waals surface area contributed by atoms with E-state index in [0.717, 1.165) is 29.9 Å². The third-order valence-electron chi connectivity index (χ3n) is 4.56. The van der Waals surface area contributed by atoms with Crippen LogP contribution in [0.3, 0.4) is 0 Å². The Balaban J connectivity index is 1.49. The van der Waals surface area contributed by atoms with Crippen molar-refractivity contribution in [2.45, 2.75) is 26.3 Å². The molecule has 4 rings (SSSR count). The van der Waals surface area contributed by atoms with Crippen LogP contribution in [0.25, 0.3) is 10.2 Å². The summed E-state index contributed by atoms with van der Waals surface area (Å²) in [6, 6.07) is 14.0. The molecule has 0 bridgehead atoms. The Morgan fingerprint density at radius 3 is 2.88 bits per heavy atom. The quantitative estimate of drug-likeness (QED) is 0.755. The predicted molar refractivity (Wildman–Crippen MR) is 103 cm³/mol. The van der Waals surface area contributed by atoms with Crippen molar-refractivity contribution < 1.29 is 4.79 Å². The SMILES string of the molecule is Cc1ccc2nc(NC(=O)c3cccc(CN4CCCC4)c3)sc2c1. The highest BCUT2D eigenvalue weighted by molar-refractivity contribution is 7.22. The molecule has 1 aromatic heterocycles. The number of thiazole rings is 1. The van der Waals surface area contributed by atoms with Gasteiger partial charge in [0.2, 0.25) is 0 Å². The maximum absolute atomic E-state index is 12.6. The number of anilines is 1. The standard InChI is InChI=1S/C20H21N3OS/c1-14-7-8-17-18(11-14)25-20(21-17)22-19(24)16-6-4-5-15(12-16)13-23-9-2-3-10-23/h4-8,11-12H,2-3,9-10,13H2,1H3,(H,21,22,24). The zero-order chi connectivity index (χ0) is 17.2. The van der Waals surface area contributed by atoms with Crippen LogP contribution in [0.2, 0.25) is 0 Å². The first-order valence-electron chi connectivity index (χ1n) is 8.67. The Morgan fingerprint density at radius 2 is 2.04 bits per heavy atom. The van der Waals surface area contributed by atoms with Gasteiger partial charge in [-0.25, -0.2) is 4.98 Å². The van der Waals surface area contributed by atoms with E-state index in [1.807, 2.05) is 30.3 Å². The number of rotatable bonds is 4. The Bertz CT molecular complexity index is 912. The normalized spacial score (nSPS) is 14.9. The van der Waals surface area contributed by atoms with Gasteiger partial charge in [-0.15, -0.1) is 0 Å².